The van der Waals surface area contributed by atoms with Gasteiger partial charge in [0.05, 0.1) is 0 Å². The molecular formula is C19H27N3O2. The van der Waals surface area contributed by atoms with Crippen LogP contribution in [0.2, 0.25) is 0 Å². The summed E-state index contributed by atoms with van der Waals surface area (Å²) < 4.78 is 5.41. The van der Waals surface area contributed by atoms with E-state index in [1.807, 2.05) is 12.1 Å². The number of anilines is 2. The maximum absolute atomic E-state index is 12.1. The Morgan fingerprint density at radius 1 is 1.17 bits per heavy atom. The number of hydrogen-bond donors (Lipinski definition) is 2. The summed E-state index contributed by atoms with van der Waals surface area (Å²) in [7, 11) is 0. The van der Waals surface area contributed by atoms with Crippen molar-refractivity contribution >= 4 is 17.3 Å². The topological polar surface area (TPSA) is 53.6 Å². The predicted molar refractivity (Wildman–Crippen MR) is 95.3 cm³/mol. The highest BCUT2D eigenvalue weighted by Crippen LogP contribution is 2.34. The van der Waals surface area contributed by atoms with Crippen molar-refractivity contribution < 1.29 is 9.53 Å². The fraction of sp³-hybridized carbons (Fsp3) is 0.632. The number of nitrogens with one attached hydrogen (secondary N) is 2. The molecule has 0 aromatic heterocycles. The van der Waals surface area contributed by atoms with Gasteiger partial charge in [0.1, 0.15) is 6.10 Å². The molecule has 3 unspecified atom stereocenters. The zero-order chi connectivity index (χ0) is 16.5. The van der Waals surface area contributed by atoms with Gasteiger partial charge in [-0.3, -0.25) is 9.69 Å². The third-order valence-electron chi connectivity index (χ3n) is 5.38. The summed E-state index contributed by atoms with van der Waals surface area (Å²) in [5.41, 5.74) is 1.96. The molecule has 1 aromatic carbocycles. The number of amides is 1. The van der Waals surface area contributed by atoms with Gasteiger partial charge >= 0.3 is 0 Å². The van der Waals surface area contributed by atoms with Crippen molar-refractivity contribution in [3.63, 3.8) is 0 Å². The molecule has 1 saturated carbocycles. The van der Waals surface area contributed by atoms with E-state index < -0.39 is 0 Å². The molecule has 3 aliphatic rings. The first kappa shape index (κ1) is 15.9. The van der Waals surface area contributed by atoms with Crippen molar-refractivity contribution in [2.45, 2.75) is 63.3 Å². The molecule has 2 saturated heterocycles. The molecule has 5 nitrogen and oxygen atoms in total. The van der Waals surface area contributed by atoms with Gasteiger partial charge in [-0.1, -0.05) is 0 Å². The van der Waals surface area contributed by atoms with Crippen LogP contribution in [0.3, 0.4) is 0 Å². The summed E-state index contributed by atoms with van der Waals surface area (Å²) in [4.78, 5) is 14.7. The minimum absolute atomic E-state index is 0.0297. The van der Waals surface area contributed by atoms with Gasteiger partial charge in [0.15, 0.2) is 0 Å². The van der Waals surface area contributed by atoms with Crippen LogP contribution in [0.1, 0.15) is 39.0 Å². The monoisotopic (exact) mass is 329 g/mol. The third kappa shape index (κ3) is 3.57. The molecule has 0 spiro atoms. The van der Waals surface area contributed by atoms with Crippen molar-refractivity contribution in [2.75, 3.05) is 23.8 Å². The molecule has 1 amide bonds. The number of likely N-dealkylation sites (tertiary alicyclic amines) is 1. The minimum atomic E-state index is -0.281. The number of carbonyl (C=O) groups is 1. The van der Waals surface area contributed by atoms with Crippen LogP contribution < -0.4 is 10.6 Å². The minimum Gasteiger partial charge on any atom is -0.381 e. The second-order valence-corrected chi connectivity index (χ2v) is 7.42. The number of carbonyl (C=O) groups excluding carboxylic acids is 1. The van der Waals surface area contributed by atoms with Crippen LogP contribution in [-0.4, -0.2) is 48.2 Å². The highest BCUT2D eigenvalue weighted by atomic mass is 16.5. The molecule has 3 atom stereocenters. The van der Waals surface area contributed by atoms with E-state index in [0.717, 1.165) is 36.8 Å². The van der Waals surface area contributed by atoms with E-state index in [0.29, 0.717) is 18.7 Å². The lowest BCUT2D eigenvalue weighted by molar-refractivity contribution is -0.124. The van der Waals surface area contributed by atoms with Crippen LogP contribution in [0.15, 0.2) is 24.3 Å². The van der Waals surface area contributed by atoms with E-state index in [9.17, 15) is 4.79 Å². The Bertz CT molecular complexity index is 579. The summed E-state index contributed by atoms with van der Waals surface area (Å²) in [6.45, 7) is 4.17. The first-order valence-corrected chi connectivity index (χ1v) is 9.24. The molecular weight excluding hydrogens is 302 g/mol. The molecule has 1 aromatic rings. The highest BCUT2D eigenvalue weighted by molar-refractivity contribution is 5.94. The predicted octanol–water partition coefficient (Wildman–Crippen LogP) is 2.84. The van der Waals surface area contributed by atoms with Crippen molar-refractivity contribution in [1.82, 2.24) is 4.90 Å². The Labute approximate surface area is 143 Å². The van der Waals surface area contributed by atoms with E-state index >= 15 is 0 Å². The van der Waals surface area contributed by atoms with Gasteiger partial charge in [0, 0.05) is 42.7 Å². The molecule has 0 bridgehead atoms. The summed E-state index contributed by atoms with van der Waals surface area (Å²) >= 11 is 0. The maximum atomic E-state index is 12.1. The average molecular weight is 329 g/mol. The molecule has 2 heterocycles. The maximum Gasteiger partial charge on any atom is 0.253 e. The zero-order valence-electron chi connectivity index (χ0n) is 14.3. The van der Waals surface area contributed by atoms with Crippen molar-refractivity contribution in [3.8, 4) is 0 Å². The van der Waals surface area contributed by atoms with Crippen molar-refractivity contribution in [1.29, 1.82) is 0 Å². The summed E-state index contributed by atoms with van der Waals surface area (Å²) in [5, 5.41) is 6.58. The van der Waals surface area contributed by atoms with Crippen LogP contribution in [0.4, 0.5) is 11.4 Å². The smallest absolute Gasteiger partial charge is 0.253 e. The van der Waals surface area contributed by atoms with Crippen molar-refractivity contribution in [2.24, 2.45) is 0 Å². The molecule has 3 fully saturated rings. The third-order valence-corrected chi connectivity index (χ3v) is 5.38. The molecule has 130 valence electrons. The zero-order valence-corrected chi connectivity index (χ0v) is 14.3. The van der Waals surface area contributed by atoms with Gasteiger partial charge in [-0.15, -0.1) is 0 Å². The average Bonchev–Trinajstić information content (AvgIpc) is 3.12. The fourth-order valence-electron chi connectivity index (χ4n) is 3.97. The lowest BCUT2D eigenvalue weighted by Gasteiger charge is -2.20. The lowest BCUT2D eigenvalue weighted by Crippen LogP contribution is -2.31. The number of hydrogen-bond acceptors (Lipinski definition) is 4. The standard InChI is InChI=1S/C19H27N3O2/c1-13-11-16(12-22(13)17-8-9-17)20-14-4-6-15(7-5-14)21-19(23)18-3-2-10-24-18/h4-7,13,16-18,20H,2-3,8-12H2,1H3,(H,21,23). The summed E-state index contributed by atoms with van der Waals surface area (Å²) in [6, 6.07) is 10.1. The van der Waals surface area contributed by atoms with E-state index in [1.165, 1.54) is 19.3 Å². The van der Waals surface area contributed by atoms with E-state index in [1.54, 1.807) is 0 Å². The Morgan fingerprint density at radius 3 is 2.58 bits per heavy atom. The Balaban J connectivity index is 1.30. The molecule has 4 rings (SSSR count). The number of benzene rings is 1. The number of rotatable bonds is 5. The van der Waals surface area contributed by atoms with Gasteiger partial charge in [0.2, 0.25) is 0 Å². The summed E-state index contributed by atoms with van der Waals surface area (Å²) in [5.74, 6) is -0.0297. The Morgan fingerprint density at radius 2 is 1.92 bits per heavy atom. The molecule has 24 heavy (non-hydrogen) atoms. The first-order valence-electron chi connectivity index (χ1n) is 9.24. The largest absolute Gasteiger partial charge is 0.381 e. The normalized spacial score (nSPS) is 30.5. The fourth-order valence-corrected chi connectivity index (χ4v) is 3.97. The second-order valence-electron chi connectivity index (χ2n) is 7.42. The molecule has 0 radical (unpaired) electrons. The lowest BCUT2D eigenvalue weighted by atomic mass is 10.1. The van der Waals surface area contributed by atoms with Crippen LogP contribution >= 0.6 is 0 Å². The molecule has 1 aliphatic carbocycles. The SMILES string of the molecule is CC1CC(Nc2ccc(NC(=O)C3CCCO3)cc2)CN1C1CC1. The van der Waals surface area contributed by atoms with E-state index in [4.69, 9.17) is 4.74 Å². The van der Waals surface area contributed by atoms with Crippen LogP contribution in [0.5, 0.6) is 0 Å². The van der Waals surface area contributed by atoms with Crippen LogP contribution in [0.25, 0.3) is 0 Å². The first-order chi connectivity index (χ1) is 11.7. The number of ether oxygens (including phenoxy) is 1. The Kier molecular flexibility index (Phi) is 4.46. The van der Waals surface area contributed by atoms with Gasteiger partial charge < -0.3 is 15.4 Å². The summed E-state index contributed by atoms with van der Waals surface area (Å²) in [6.07, 6.45) is 5.46. The van der Waals surface area contributed by atoms with Gasteiger partial charge in [0.25, 0.3) is 5.91 Å². The molecule has 2 aliphatic heterocycles. The quantitative estimate of drug-likeness (QED) is 0.872. The van der Waals surface area contributed by atoms with Gasteiger partial charge in [-0.2, -0.15) is 0 Å². The van der Waals surface area contributed by atoms with Crippen LogP contribution in [-0.2, 0) is 9.53 Å². The molecule has 5 heteroatoms. The van der Waals surface area contributed by atoms with E-state index in [-0.39, 0.29) is 12.0 Å². The van der Waals surface area contributed by atoms with Gasteiger partial charge in [-0.25, -0.2) is 0 Å². The highest BCUT2D eigenvalue weighted by Gasteiger charge is 2.38. The second kappa shape index (κ2) is 6.73. The number of nitrogens with zero attached hydrogens (tertiary/aromatic N) is 1. The van der Waals surface area contributed by atoms with E-state index in [2.05, 4.69) is 34.6 Å². The van der Waals surface area contributed by atoms with Crippen LogP contribution in [0, 0.1) is 0 Å². The van der Waals surface area contributed by atoms with Gasteiger partial charge in [-0.05, 0) is 63.3 Å². The van der Waals surface area contributed by atoms with Crippen molar-refractivity contribution in [3.05, 3.63) is 24.3 Å². The Hall–Kier alpha value is -1.59. The molecule has 2 N–H and O–H groups in total.